The van der Waals surface area contributed by atoms with Crippen molar-refractivity contribution in [3.05, 3.63) is 235 Å². The third-order valence-electron chi connectivity index (χ3n) is 19.4. The smallest absolute Gasteiger partial charge is 0.331 e. The van der Waals surface area contributed by atoms with Crippen molar-refractivity contribution in [2.75, 3.05) is 26.4 Å². The summed E-state index contributed by atoms with van der Waals surface area (Å²) in [5.41, 5.74) is 14.0. The Morgan fingerprint density at radius 3 is 1.22 bits per heavy atom. The number of carbonyl (C=O) groups is 8. The van der Waals surface area contributed by atoms with Crippen LogP contribution < -0.4 is 14.2 Å². The molecule has 3 aromatic heterocycles. The van der Waals surface area contributed by atoms with Gasteiger partial charge in [0.15, 0.2) is 28.5 Å². The lowest BCUT2D eigenvalue weighted by Crippen LogP contribution is -2.15. The molecule has 576 valence electrons. The molecule has 0 saturated heterocycles. The first-order chi connectivity index (χ1) is 52.5. The summed E-state index contributed by atoms with van der Waals surface area (Å²) in [4.78, 5) is 117. The predicted molar refractivity (Wildman–Crippen MR) is 439 cm³/mol. The monoisotopic (exact) mass is 1520 g/mol. The molecule has 15 rings (SSSR count). The number of Topliss-reactive ketones (excluding diaryl/α,β-unsaturated/α-hetero) is 3. The van der Waals surface area contributed by atoms with E-state index in [0.717, 1.165) is 108 Å². The van der Waals surface area contributed by atoms with Crippen LogP contribution in [-0.2, 0) is 38.9 Å². The van der Waals surface area contributed by atoms with E-state index in [-0.39, 0.29) is 93.7 Å². The summed E-state index contributed by atoms with van der Waals surface area (Å²) in [7, 11) is 0. The largest absolute Gasteiger partial charge is 0.492 e. The average Bonchev–Trinajstić information content (AvgIpc) is 1.59. The fraction of sp³-hybridized carbons (Fsp3) is 0.281. The van der Waals surface area contributed by atoms with Gasteiger partial charge in [-0.05, 0) is 180 Å². The van der Waals surface area contributed by atoms with Gasteiger partial charge in [-0.3, -0.25) is 33.6 Å². The number of rotatable bonds is 14. The molecule has 111 heavy (non-hydrogen) atoms. The van der Waals surface area contributed by atoms with Crippen molar-refractivity contribution < 1.29 is 68.9 Å². The van der Waals surface area contributed by atoms with Crippen molar-refractivity contribution >= 4 is 134 Å². The summed E-state index contributed by atoms with van der Waals surface area (Å²) in [6.45, 7) is 22.3. The van der Waals surface area contributed by atoms with Crippen molar-refractivity contribution in [3.8, 4) is 17.2 Å². The van der Waals surface area contributed by atoms with E-state index in [1.165, 1.54) is 13.8 Å². The van der Waals surface area contributed by atoms with Gasteiger partial charge in [0.05, 0.1) is 69.2 Å². The number of nitrogens with zero attached hydrogens (tertiary/aromatic N) is 6. The number of oxime groups is 2. The molecule has 0 radical (unpaired) electrons. The molecule has 0 fully saturated rings. The molecule has 0 unspecified atom stereocenters. The maximum Gasteiger partial charge on any atom is 0.331 e. The maximum atomic E-state index is 13.3. The summed E-state index contributed by atoms with van der Waals surface area (Å²) in [5, 5.41) is 23.2. The molecule has 22 heteroatoms. The number of fused-ring (bicyclic) bond motifs is 15. The van der Waals surface area contributed by atoms with Gasteiger partial charge in [0, 0.05) is 120 Å². The van der Waals surface area contributed by atoms with Gasteiger partial charge in [-0.1, -0.05) is 112 Å². The Labute approximate surface area is 650 Å². The lowest BCUT2D eigenvalue weighted by atomic mass is 9.97. The zero-order chi connectivity index (χ0) is 77.9. The van der Waals surface area contributed by atoms with Crippen molar-refractivity contribution in [2.45, 2.75) is 136 Å². The normalized spacial score (nSPS) is 13.6. The quantitative estimate of drug-likeness (QED) is 0.0202. The minimum absolute atomic E-state index is 0. The summed E-state index contributed by atoms with van der Waals surface area (Å²) in [6.07, 6.45) is 2.56. The minimum Gasteiger partial charge on any atom is -0.492 e. The highest BCUT2D eigenvalue weighted by atomic mass is 35.5. The highest BCUT2D eigenvalue weighted by Crippen LogP contribution is 2.44. The molecule has 1 N–H and O–H groups in total. The Balaban J connectivity index is 0.000000194. The van der Waals surface area contributed by atoms with Gasteiger partial charge in [0.25, 0.3) is 0 Å². The Morgan fingerprint density at radius 1 is 0.505 bits per heavy atom. The zero-order valence-electron chi connectivity index (χ0n) is 62.4. The van der Waals surface area contributed by atoms with Crippen LogP contribution in [0, 0.1) is 31.6 Å². The second kappa shape index (κ2) is 36.8. The number of hydrogen-bond donors (Lipinski definition) is 1. The highest BCUT2D eigenvalue weighted by molar-refractivity contribution is 6.62. The molecule has 0 atom stereocenters. The van der Waals surface area contributed by atoms with E-state index in [2.05, 4.69) is 73.5 Å². The maximum absolute atomic E-state index is 13.3. The summed E-state index contributed by atoms with van der Waals surface area (Å²) >= 11 is 4.64. The number of ether oxygens (including phenoxy) is 3. The number of carbonyl (C=O) groups excluding carboxylic acids is 8. The van der Waals surface area contributed by atoms with Crippen molar-refractivity contribution in [2.24, 2.45) is 21.6 Å². The SMILES string of the molecule is C.C.CC(=O)Cl.CC(C)CCON=O.CCn1c2ccc(C(=O)c3ccccc3C)cc2c2c3c(ccc21)C(=O)/C(=N/O)CCO3.CCn1c2ccc(C(=O)c3ccccc3C)cc2c2c3c(ccc21)C(=O)/C(=N/OC(C)=O)CCO3.CCn1c2ccc(C(=O)c3ccccc3C)cc2c2c3c(ccc21)C(=O)CCCO3.[2HH]. The van der Waals surface area contributed by atoms with E-state index in [1.54, 1.807) is 12.1 Å². The molecule has 3 aliphatic rings. The van der Waals surface area contributed by atoms with Crippen LogP contribution in [0.2, 0.25) is 0 Å². The van der Waals surface area contributed by atoms with Crippen LogP contribution in [-0.4, -0.2) is 103 Å². The number of halogens is 1. The third kappa shape index (κ3) is 17.3. The third-order valence-corrected chi connectivity index (χ3v) is 19.4. The number of aryl methyl sites for hydroxylation is 6. The Morgan fingerprint density at radius 2 is 0.856 bits per heavy atom. The minimum atomic E-state index is -0.594. The van der Waals surface area contributed by atoms with Crippen molar-refractivity contribution in [1.82, 2.24) is 13.7 Å². The van der Waals surface area contributed by atoms with Crippen LogP contribution in [0.5, 0.6) is 17.2 Å². The Bertz CT molecular complexity index is 5700. The van der Waals surface area contributed by atoms with Crippen molar-refractivity contribution in [3.63, 3.8) is 0 Å². The van der Waals surface area contributed by atoms with Gasteiger partial charge in [0.2, 0.25) is 16.8 Å². The summed E-state index contributed by atoms with van der Waals surface area (Å²) < 4.78 is 24.7. The van der Waals surface area contributed by atoms with Gasteiger partial charge < -0.3 is 42.8 Å². The molecule has 0 saturated carbocycles. The molecule has 0 amide bonds. The molecule has 9 aromatic carbocycles. The predicted octanol–water partition coefficient (Wildman–Crippen LogP) is 20.1. The molecule has 12 aromatic rings. The summed E-state index contributed by atoms with van der Waals surface area (Å²) in [5.74, 6) is 0.916. The van der Waals surface area contributed by atoms with Gasteiger partial charge in [-0.15, -0.1) is 4.91 Å². The Hall–Kier alpha value is -12.2. The zero-order valence-corrected chi connectivity index (χ0v) is 63.1. The van der Waals surface area contributed by atoms with E-state index in [0.29, 0.717) is 99.4 Å². The van der Waals surface area contributed by atoms with Gasteiger partial charge in [-0.25, -0.2) is 4.79 Å². The molecular weight excluding hydrogens is 1430 g/mol. The van der Waals surface area contributed by atoms with Crippen LogP contribution in [0.4, 0.5) is 0 Å². The van der Waals surface area contributed by atoms with E-state index >= 15 is 0 Å². The average molecular weight is 1520 g/mol. The van der Waals surface area contributed by atoms with Crippen LogP contribution >= 0.6 is 11.6 Å². The van der Waals surface area contributed by atoms with Crippen LogP contribution in [0.3, 0.4) is 0 Å². The van der Waals surface area contributed by atoms with E-state index < -0.39 is 5.97 Å². The van der Waals surface area contributed by atoms with Crippen LogP contribution in [0.15, 0.2) is 179 Å². The number of aromatic nitrogens is 3. The fourth-order valence-corrected chi connectivity index (χ4v) is 14.1. The fourth-order valence-electron chi connectivity index (χ4n) is 14.1. The topological polar surface area (TPSA) is 272 Å². The number of benzene rings is 9. The van der Waals surface area contributed by atoms with Crippen molar-refractivity contribution in [1.29, 1.82) is 0 Å². The molecule has 6 heterocycles. The molecule has 0 spiro atoms. The van der Waals surface area contributed by atoms with E-state index in [4.69, 9.17) is 19.0 Å². The second-order valence-electron chi connectivity index (χ2n) is 26.8. The van der Waals surface area contributed by atoms with Gasteiger partial charge in [0.1, 0.15) is 35.3 Å². The Kier molecular flexibility index (Phi) is 27.4. The molecular formula is C89H93ClN6O15. The van der Waals surface area contributed by atoms with Gasteiger partial charge in [-0.2, -0.15) is 0 Å². The highest BCUT2D eigenvalue weighted by Gasteiger charge is 2.31. The summed E-state index contributed by atoms with van der Waals surface area (Å²) in [6, 6.07) is 51.0. The first kappa shape index (κ1) is 82.8. The first-order valence-electron chi connectivity index (χ1n) is 36.2. The molecule has 0 bridgehead atoms. The second-order valence-corrected chi connectivity index (χ2v) is 27.4. The van der Waals surface area contributed by atoms with Crippen LogP contribution in [0.1, 0.15) is 192 Å². The van der Waals surface area contributed by atoms with Crippen LogP contribution in [0.25, 0.3) is 65.4 Å². The molecule has 21 nitrogen and oxygen atoms in total. The lowest BCUT2D eigenvalue weighted by Gasteiger charge is -2.09. The van der Waals surface area contributed by atoms with E-state index in [9.17, 15) is 48.5 Å². The number of hydrogen-bond acceptors (Lipinski definition) is 18. The molecule has 0 aliphatic carbocycles. The molecule has 3 aliphatic heterocycles. The number of ketones is 6. The van der Waals surface area contributed by atoms with Gasteiger partial charge >= 0.3 is 5.97 Å². The standard InChI is InChI=1S/C28H24N2O5.C26H22N2O4.C26H23NO3.C5H11NO2.C2H3ClO.2CH4.H2/c1-4-30-23-11-9-18(26(32)19-8-6-5-7-16(19)2)15-21(23)25-24(30)12-10-20-27(33)22(29-35-17(3)31)13-14-34-28(20)25;1-3-28-21-10-8-16(24(29)17-7-5-4-6-15(17)2)14-19(21)23-22(28)11-9-18-25(30)20(27-31)12-13-32-26(18)23;1-3-27-21-12-10-17(25(29)18-8-5-4-7-16(18)2)15-20(21)24-22(27)13-11-19-23(28)9-6-14-30-26(19)24;1-5(2)3-4-8-6-7;1-2(3)4;;;/h5-12,15H,4,13-14H2,1-3H3;4-11,14,31H,3,12-13H2,1-2H3;4-5,7-8,10-13,15H,3,6,9,14H2,1-2H3;5H,3-4H2,1-2H3;1H3;2*1H4;1H/b29-22+;27-20+;;;;;;/i;;;;;;;1+1. The van der Waals surface area contributed by atoms with E-state index in [1.807, 2.05) is 179 Å². The lowest BCUT2D eigenvalue weighted by molar-refractivity contribution is -0.141. The first-order valence-corrected chi connectivity index (χ1v) is 36.6.